The number of amides is 2. The van der Waals surface area contributed by atoms with E-state index in [0.29, 0.717) is 4.90 Å². The maximum Gasteiger partial charge on any atom is 0.406 e. The molecule has 2 amide bonds. The molecule has 0 unspecified atom stereocenters. The van der Waals surface area contributed by atoms with Crippen LogP contribution < -0.4 is 9.47 Å². The van der Waals surface area contributed by atoms with E-state index in [1.165, 1.54) is 32.3 Å². The molecule has 1 aliphatic heterocycles. The van der Waals surface area contributed by atoms with E-state index < -0.39 is 31.1 Å². The van der Waals surface area contributed by atoms with Crippen molar-refractivity contribution in [1.29, 1.82) is 0 Å². The van der Waals surface area contributed by atoms with Crippen molar-refractivity contribution in [2.45, 2.75) is 6.18 Å². The van der Waals surface area contributed by atoms with Crippen molar-refractivity contribution in [3.63, 3.8) is 0 Å². The number of nitrogens with zero attached hydrogens (tertiary/aromatic N) is 2. The maximum absolute atomic E-state index is 12.7. The highest BCUT2D eigenvalue weighted by atomic mass is 19.4. The predicted octanol–water partition coefficient (Wildman–Crippen LogP) is 1.51. The summed E-state index contributed by atoms with van der Waals surface area (Å²) in [5.41, 5.74) is -0.0733. The van der Waals surface area contributed by atoms with Crippen LogP contribution >= 0.6 is 0 Å². The van der Waals surface area contributed by atoms with E-state index in [1.807, 2.05) is 0 Å². The second-order valence-corrected chi connectivity index (χ2v) is 5.10. The van der Waals surface area contributed by atoms with Crippen molar-refractivity contribution in [2.75, 3.05) is 34.0 Å². The standard InChI is InChI=1S/C14H15F3N2O4/c1-18(2)11(20)6-19(7-14(15,16)17)13(21)9-4-3-5-10-12(9)23-8-22-10/h3-5H,6-8H2,1-2H3. The Morgan fingerprint density at radius 2 is 1.91 bits per heavy atom. The summed E-state index contributed by atoms with van der Waals surface area (Å²) in [6, 6.07) is 4.35. The van der Waals surface area contributed by atoms with E-state index in [0.717, 1.165) is 4.90 Å². The van der Waals surface area contributed by atoms with Gasteiger partial charge in [-0.05, 0) is 12.1 Å². The molecule has 0 fully saturated rings. The molecule has 1 aromatic carbocycles. The molecule has 0 aliphatic carbocycles. The van der Waals surface area contributed by atoms with Gasteiger partial charge in [0.25, 0.3) is 5.91 Å². The molecule has 9 heteroatoms. The lowest BCUT2D eigenvalue weighted by molar-refractivity contribution is -0.146. The summed E-state index contributed by atoms with van der Waals surface area (Å²) in [5.74, 6) is -1.20. The first-order valence-corrected chi connectivity index (χ1v) is 6.64. The summed E-state index contributed by atoms with van der Waals surface area (Å²) in [5, 5.41) is 0. The lowest BCUT2D eigenvalue weighted by Crippen LogP contribution is -2.44. The van der Waals surface area contributed by atoms with Gasteiger partial charge in [-0.1, -0.05) is 6.07 Å². The van der Waals surface area contributed by atoms with Crippen molar-refractivity contribution in [3.8, 4) is 11.5 Å². The van der Waals surface area contributed by atoms with Crippen LogP contribution in [0.15, 0.2) is 18.2 Å². The van der Waals surface area contributed by atoms with Gasteiger partial charge in [0.2, 0.25) is 12.7 Å². The van der Waals surface area contributed by atoms with Gasteiger partial charge in [-0.2, -0.15) is 13.2 Å². The van der Waals surface area contributed by atoms with E-state index in [-0.39, 0.29) is 23.9 Å². The summed E-state index contributed by atoms with van der Waals surface area (Å²) in [6.45, 7) is -2.33. The van der Waals surface area contributed by atoms with Crippen molar-refractivity contribution >= 4 is 11.8 Å². The lowest BCUT2D eigenvalue weighted by atomic mass is 10.1. The molecule has 126 valence electrons. The first-order chi connectivity index (χ1) is 10.7. The number of benzene rings is 1. The Morgan fingerprint density at radius 3 is 2.52 bits per heavy atom. The van der Waals surface area contributed by atoms with Gasteiger partial charge in [0.1, 0.15) is 13.1 Å². The molecule has 6 nitrogen and oxygen atoms in total. The molecule has 0 bridgehead atoms. The number of ether oxygens (including phenoxy) is 2. The summed E-state index contributed by atoms with van der Waals surface area (Å²) in [6.07, 6.45) is -4.63. The number of carbonyl (C=O) groups is 2. The molecule has 1 aromatic rings. The molecule has 0 atom stereocenters. The summed E-state index contributed by atoms with van der Waals surface area (Å²) < 4.78 is 48.4. The molecule has 23 heavy (non-hydrogen) atoms. The first-order valence-electron chi connectivity index (χ1n) is 6.64. The number of likely N-dealkylation sites (N-methyl/N-ethyl adjacent to an activating group) is 1. The topological polar surface area (TPSA) is 59.1 Å². The Balaban J connectivity index is 2.29. The second-order valence-electron chi connectivity index (χ2n) is 5.10. The van der Waals surface area contributed by atoms with E-state index >= 15 is 0 Å². The van der Waals surface area contributed by atoms with Gasteiger partial charge in [0.05, 0.1) is 5.56 Å². The van der Waals surface area contributed by atoms with Crippen LogP contribution in [0.25, 0.3) is 0 Å². The minimum Gasteiger partial charge on any atom is -0.454 e. The van der Waals surface area contributed by atoms with Crippen LogP contribution in [0.2, 0.25) is 0 Å². The van der Waals surface area contributed by atoms with E-state index in [4.69, 9.17) is 9.47 Å². The van der Waals surface area contributed by atoms with E-state index in [1.54, 1.807) is 0 Å². The van der Waals surface area contributed by atoms with Crippen LogP contribution in [0.1, 0.15) is 10.4 Å². The van der Waals surface area contributed by atoms with Gasteiger partial charge in [-0.25, -0.2) is 0 Å². The number of halogens is 3. The highest BCUT2D eigenvalue weighted by Crippen LogP contribution is 2.36. The van der Waals surface area contributed by atoms with Gasteiger partial charge < -0.3 is 19.3 Å². The predicted molar refractivity (Wildman–Crippen MR) is 73.2 cm³/mol. The number of carbonyl (C=O) groups excluding carboxylic acids is 2. The lowest BCUT2D eigenvalue weighted by Gasteiger charge is -2.25. The monoisotopic (exact) mass is 332 g/mol. The quantitative estimate of drug-likeness (QED) is 0.839. The number of hydrogen-bond acceptors (Lipinski definition) is 4. The van der Waals surface area contributed by atoms with Gasteiger partial charge in [0, 0.05) is 14.1 Å². The Hall–Kier alpha value is -2.45. The fraction of sp³-hybridized carbons (Fsp3) is 0.429. The zero-order valence-electron chi connectivity index (χ0n) is 12.5. The summed E-state index contributed by atoms with van der Waals surface area (Å²) in [4.78, 5) is 25.7. The Morgan fingerprint density at radius 1 is 1.22 bits per heavy atom. The van der Waals surface area contributed by atoms with Gasteiger partial charge >= 0.3 is 6.18 Å². The van der Waals surface area contributed by atoms with Crippen molar-refractivity contribution in [1.82, 2.24) is 9.80 Å². The molecule has 0 saturated heterocycles. The SMILES string of the molecule is CN(C)C(=O)CN(CC(F)(F)F)C(=O)c1cccc2c1OCO2. The van der Waals surface area contributed by atoms with E-state index in [9.17, 15) is 22.8 Å². The number of rotatable bonds is 4. The zero-order valence-corrected chi connectivity index (χ0v) is 12.5. The third kappa shape index (κ3) is 4.05. The van der Waals surface area contributed by atoms with Crippen LogP contribution in [0.3, 0.4) is 0 Å². The summed E-state index contributed by atoms with van der Waals surface area (Å²) in [7, 11) is 2.80. The minimum absolute atomic E-state index is 0.0733. The minimum atomic E-state index is -4.63. The second kappa shape index (κ2) is 6.35. The molecule has 1 aliphatic rings. The largest absolute Gasteiger partial charge is 0.454 e. The molecular formula is C14H15F3N2O4. The molecule has 2 rings (SSSR count). The molecule has 0 N–H and O–H groups in total. The highest BCUT2D eigenvalue weighted by molar-refractivity contribution is 5.99. The molecule has 0 aromatic heterocycles. The average molecular weight is 332 g/mol. The normalized spacial score (nSPS) is 12.9. The Labute approximate surface area is 130 Å². The molecule has 1 heterocycles. The molecular weight excluding hydrogens is 317 g/mol. The number of para-hydroxylation sites is 1. The Kier molecular flexibility index (Phi) is 4.67. The van der Waals surface area contributed by atoms with Crippen LogP contribution in [0, 0.1) is 0 Å². The fourth-order valence-electron chi connectivity index (χ4n) is 1.99. The number of fused-ring (bicyclic) bond motifs is 1. The maximum atomic E-state index is 12.7. The van der Waals surface area contributed by atoms with Crippen molar-refractivity contribution < 1.29 is 32.2 Å². The van der Waals surface area contributed by atoms with Gasteiger partial charge in [-0.3, -0.25) is 9.59 Å². The van der Waals surface area contributed by atoms with Gasteiger partial charge in [-0.15, -0.1) is 0 Å². The smallest absolute Gasteiger partial charge is 0.406 e. The van der Waals surface area contributed by atoms with Crippen molar-refractivity contribution in [3.05, 3.63) is 23.8 Å². The third-order valence-corrected chi connectivity index (χ3v) is 3.11. The third-order valence-electron chi connectivity index (χ3n) is 3.11. The molecule has 0 spiro atoms. The van der Waals surface area contributed by atoms with E-state index in [2.05, 4.69) is 0 Å². The molecule has 0 saturated carbocycles. The molecule has 0 radical (unpaired) electrons. The van der Waals surface area contributed by atoms with Crippen LogP contribution in [0.4, 0.5) is 13.2 Å². The van der Waals surface area contributed by atoms with Gasteiger partial charge in [0.15, 0.2) is 11.5 Å². The van der Waals surface area contributed by atoms with Crippen LogP contribution in [0.5, 0.6) is 11.5 Å². The Bertz CT molecular complexity index is 617. The average Bonchev–Trinajstić information content (AvgIpc) is 2.92. The fourth-order valence-corrected chi connectivity index (χ4v) is 1.99. The van der Waals surface area contributed by atoms with Crippen LogP contribution in [-0.4, -0.2) is 61.8 Å². The number of alkyl halides is 3. The first kappa shape index (κ1) is 16.9. The number of hydrogen-bond donors (Lipinski definition) is 0. The summed E-state index contributed by atoms with van der Waals surface area (Å²) >= 11 is 0. The zero-order chi connectivity index (χ0) is 17.2. The highest BCUT2D eigenvalue weighted by Gasteiger charge is 2.36. The van der Waals surface area contributed by atoms with Crippen molar-refractivity contribution in [2.24, 2.45) is 0 Å². The van der Waals surface area contributed by atoms with Crippen LogP contribution in [-0.2, 0) is 4.79 Å².